The second-order valence-electron chi connectivity index (χ2n) is 3.70. The molecule has 2 heteroatoms. The van der Waals surface area contributed by atoms with Crippen LogP contribution in [0.2, 0.25) is 0 Å². The van der Waals surface area contributed by atoms with E-state index in [9.17, 15) is 4.79 Å². The molecule has 2 nitrogen and oxygen atoms in total. The van der Waals surface area contributed by atoms with E-state index in [1.54, 1.807) is 0 Å². The average molecular weight is 205 g/mol. The van der Waals surface area contributed by atoms with Gasteiger partial charge in [-0.15, -0.1) is 0 Å². The van der Waals surface area contributed by atoms with Crippen LogP contribution < -0.4 is 5.32 Å². The van der Waals surface area contributed by atoms with Crippen LogP contribution in [-0.4, -0.2) is 5.91 Å². The van der Waals surface area contributed by atoms with E-state index in [1.807, 2.05) is 12.1 Å². The molecule has 0 spiro atoms. The van der Waals surface area contributed by atoms with Crippen molar-refractivity contribution in [1.29, 1.82) is 0 Å². The van der Waals surface area contributed by atoms with Gasteiger partial charge >= 0.3 is 0 Å². The Morgan fingerprint density at radius 2 is 1.87 bits per heavy atom. The zero-order valence-corrected chi connectivity index (χ0v) is 9.55. The van der Waals surface area contributed by atoms with Gasteiger partial charge in [0.05, 0.1) is 0 Å². The van der Waals surface area contributed by atoms with Crippen LogP contribution in [0, 0.1) is 0 Å². The SMILES string of the molecule is CCCCC(=O)Nc1ccc(CC)cc1. The van der Waals surface area contributed by atoms with Crippen molar-refractivity contribution in [3.8, 4) is 0 Å². The minimum atomic E-state index is 0.112. The van der Waals surface area contributed by atoms with Gasteiger partial charge in [0, 0.05) is 12.1 Å². The van der Waals surface area contributed by atoms with Gasteiger partial charge in [0.25, 0.3) is 0 Å². The molecule has 0 aliphatic carbocycles. The fraction of sp³-hybridized carbons (Fsp3) is 0.462. The zero-order chi connectivity index (χ0) is 11.1. The number of hydrogen-bond acceptors (Lipinski definition) is 1. The lowest BCUT2D eigenvalue weighted by molar-refractivity contribution is -0.116. The average Bonchev–Trinajstić information content (AvgIpc) is 2.27. The first-order valence-corrected chi connectivity index (χ1v) is 5.65. The molecule has 0 unspecified atom stereocenters. The van der Waals surface area contributed by atoms with Crippen molar-refractivity contribution in [3.63, 3.8) is 0 Å². The molecule has 15 heavy (non-hydrogen) atoms. The fourth-order valence-electron chi connectivity index (χ4n) is 1.38. The topological polar surface area (TPSA) is 29.1 Å². The summed E-state index contributed by atoms with van der Waals surface area (Å²) in [6.45, 7) is 4.21. The number of benzene rings is 1. The van der Waals surface area contributed by atoms with Gasteiger partial charge in [-0.1, -0.05) is 32.4 Å². The van der Waals surface area contributed by atoms with Crippen molar-refractivity contribution in [2.24, 2.45) is 0 Å². The maximum atomic E-state index is 11.4. The smallest absolute Gasteiger partial charge is 0.224 e. The first-order chi connectivity index (χ1) is 7.26. The molecule has 0 saturated heterocycles. The molecule has 0 bridgehead atoms. The lowest BCUT2D eigenvalue weighted by atomic mass is 10.1. The predicted molar refractivity (Wildman–Crippen MR) is 64.0 cm³/mol. The number of anilines is 1. The second kappa shape index (κ2) is 6.23. The van der Waals surface area contributed by atoms with Gasteiger partial charge in [-0.05, 0) is 30.5 Å². The predicted octanol–water partition coefficient (Wildman–Crippen LogP) is 3.38. The number of hydrogen-bond donors (Lipinski definition) is 1. The highest BCUT2D eigenvalue weighted by molar-refractivity contribution is 5.90. The number of amides is 1. The first-order valence-electron chi connectivity index (χ1n) is 5.65. The van der Waals surface area contributed by atoms with E-state index in [1.165, 1.54) is 5.56 Å². The minimum absolute atomic E-state index is 0.112. The van der Waals surface area contributed by atoms with Gasteiger partial charge in [0.15, 0.2) is 0 Å². The number of aryl methyl sites for hydroxylation is 1. The van der Waals surface area contributed by atoms with E-state index >= 15 is 0 Å². The molecule has 1 aromatic carbocycles. The van der Waals surface area contributed by atoms with E-state index in [4.69, 9.17) is 0 Å². The molecule has 0 aliphatic heterocycles. The van der Waals surface area contributed by atoms with Gasteiger partial charge in [-0.2, -0.15) is 0 Å². The van der Waals surface area contributed by atoms with Crippen LogP contribution in [0.1, 0.15) is 38.7 Å². The Morgan fingerprint density at radius 3 is 2.40 bits per heavy atom. The molecule has 1 amide bonds. The third-order valence-corrected chi connectivity index (χ3v) is 2.40. The molecule has 0 atom stereocenters. The first kappa shape index (κ1) is 11.8. The Balaban J connectivity index is 2.46. The Hall–Kier alpha value is -1.31. The van der Waals surface area contributed by atoms with E-state index in [0.29, 0.717) is 6.42 Å². The summed E-state index contributed by atoms with van der Waals surface area (Å²) < 4.78 is 0. The number of carbonyl (C=O) groups is 1. The Kier molecular flexibility index (Phi) is 4.88. The minimum Gasteiger partial charge on any atom is -0.326 e. The van der Waals surface area contributed by atoms with Crippen molar-refractivity contribution in [3.05, 3.63) is 29.8 Å². The summed E-state index contributed by atoms with van der Waals surface area (Å²) in [6, 6.07) is 8.02. The fourth-order valence-corrected chi connectivity index (χ4v) is 1.38. The van der Waals surface area contributed by atoms with Gasteiger partial charge in [0.1, 0.15) is 0 Å². The van der Waals surface area contributed by atoms with Crippen LogP contribution in [0.3, 0.4) is 0 Å². The van der Waals surface area contributed by atoms with Crippen LogP contribution >= 0.6 is 0 Å². The number of rotatable bonds is 5. The van der Waals surface area contributed by atoms with E-state index in [-0.39, 0.29) is 5.91 Å². The summed E-state index contributed by atoms with van der Waals surface area (Å²) in [4.78, 5) is 11.4. The summed E-state index contributed by atoms with van der Waals surface area (Å²) in [5.74, 6) is 0.112. The van der Waals surface area contributed by atoms with Crippen molar-refractivity contribution in [2.45, 2.75) is 39.5 Å². The molecule has 1 rings (SSSR count). The number of unbranched alkanes of at least 4 members (excludes halogenated alkanes) is 1. The van der Waals surface area contributed by atoms with Crippen LogP contribution in [0.5, 0.6) is 0 Å². The summed E-state index contributed by atoms with van der Waals surface area (Å²) in [5, 5.41) is 2.89. The van der Waals surface area contributed by atoms with Crippen LogP contribution in [-0.2, 0) is 11.2 Å². The number of carbonyl (C=O) groups excluding carboxylic acids is 1. The molecule has 0 radical (unpaired) electrons. The lowest BCUT2D eigenvalue weighted by Gasteiger charge is -2.05. The van der Waals surface area contributed by atoms with E-state index in [2.05, 4.69) is 31.3 Å². The molecule has 0 heterocycles. The normalized spacial score (nSPS) is 10.0. The van der Waals surface area contributed by atoms with Crippen LogP contribution in [0.25, 0.3) is 0 Å². The molecular weight excluding hydrogens is 186 g/mol. The molecule has 1 N–H and O–H groups in total. The molecule has 0 fully saturated rings. The quantitative estimate of drug-likeness (QED) is 0.784. The molecule has 82 valence electrons. The highest BCUT2D eigenvalue weighted by atomic mass is 16.1. The maximum absolute atomic E-state index is 11.4. The highest BCUT2D eigenvalue weighted by Gasteiger charge is 2.00. The van der Waals surface area contributed by atoms with E-state index < -0.39 is 0 Å². The van der Waals surface area contributed by atoms with Crippen molar-refractivity contribution < 1.29 is 4.79 Å². The van der Waals surface area contributed by atoms with Gasteiger partial charge in [0.2, 0.25) is 5.91 Å². The van der Waals surface area contributed by atoms with Gasteiger partial charge in [-0.25, -0.2) is 0 Å². The third-order valence-electron chi connectivity index (χ3n) is 2.40. The van der Waals surface area contributed by atoms with Crippen LogP contribution in [0.4, 0.5) is 5.69 Å². The van der Waals surface area contributed by atoms with Gasteiger partial charge < -0.3 is 5.32 Å². The maximum Gasteiger partial charge on any atom is 0.224 e. The second-order valence-corrected chi connectivity index (χ2v) is 3.70. The summed E-state index contributed by atoms with van der Waals surface area (Å²) >= 11 is 0. The standard InChI is InChI=1S/C13H19NO/c1-3-5-6-13(15)14-12-9-7-11(4-2)8-10-12/h7-10H,3-6H2,1-2H3,(H,14,15). The van der Waals surface area contributed by atoms with Crippen molar-refractivity contribution in [1.82, 2.24) is 0 Å². The molecule has 0 aromatic heterocycles. The monoisotopic (exact) mass is 205 g/mol. The summed E-state index contributed by atoms with van der Waals surface area (Å²) in [5.41, 5.74) is 2.19. The molecule has 0 saturated carbocycles. The van der Waals surface area contributed by atoms with Gasteiger partial charge in [-0.3, -0.25) is 4.79 Å². The van der Waals surface area contributed by atoms with Crippen molar-refractivity contribution in [2.75, 3.05) is 5.32 Å². The molecule has 1 aromatic rings. The Labute approximate surface area is 91.7 Å². The molecule has 0 aliphatic rings. The highest BCUT2D eigenvalue weighted by Crippen LogP contribution is 2.10. The Morgan fingerprint density at radius 1 is 1.20 bits per heavy atom. The van der Waals surface area contributed by atoms with E-state index in [0.717, 1.165) is 24.9 Å². The summed E-state index contributed by atoms with van der Waals surface area (Å²) in [6.07, 6.45) is 3.66. The lowest BCUT2D eigenvalue weighted by Crippen LogP contribution is -2.10. The molecular formula is C13H19NO. The third kappa shape index (κ3) is 4.15. The number of nitrogens with one attached hydrogen (secondary N) is 1. The van der Waals surface area contributed by atoms with Crippen LogP contribution in [0.15, 0.2) is 24.3 Å². The summed E-state index contributed by atoms with van der Waals surface area (Å²) in [7, 11) is 0. The largest absolute Gasteiger partial charge is 0.326 e. The Bertz CT molecular complexity index is 303. The zero-order valence-electron chi connectivity index (χ0n) is 9.55. The van der Waals surface area contributed by atoms with Crippen molar-refractivity contribution >= 4 is 11.6 Å².